The third kappa shape index (κ3) is 2.62. The Morgan fingerprint density at radius 2 is 1.70 bits per heavy atom. The molecule has 136 valence electrons. The first kappa shape index (κ1) is 17.4. The molecule has 4 aromatic rings. The Hall–Kier alpha value is -3.06. The van der Waals surface area contributed by atoms with E-state index in [1.165, 1.54) is 11.6 Å². The average Bonchev–Trinajstić information content (AvgIpc) is 3.05. The Bertz CT molecular complexity index is 1310. The van der Waals surface area contributed by atoms with Gasteiger partial charge < -0.3 is 9.67 Å². The van der Waals surface area contributed by atoms with Crippen LogP contribution >= 0.6 is 15.9 Å². The minimum atomic E-state index is -0.390. The lowest BCUT2D eigenvalue weighted by molar-refractivity contribution is 0.475. The van der Waals surface area contributed by atoms with E-state index in [0.717, 1.165) is 14.6 Å². The summed E-state index contributed by atoms with van der Waals surface area (Å²) in [6, 6.07) is 14.3. The molecule has 6 nitrogen and oxygen atoms in total. The van der Waals surface area contributed by atoms with E-state index in [2.05, 4.69) is 15.9 Å². The van der Waals surface area contributed by atoms with Crippen LogP contribution in [0.5, 0.6) is 5.75 Å². The summed E-state index contributed by atoms with van der Waals surface area (Å²) < 4.78 is 5.21. The topological polar surface area (TPSA) is 69.2 Å². The second-order valence-corrected chi connectivity index (χ2v) is 7.17. The first-order chi connectivity index (χ1) is 12.9. The quantitative estimate of drug-likeness (QED) is 0.536. The number of fused-ring (bicyclic) bond motifs is 1. The zero-order valence-corrected chi connectivity index (χ0v) is 16.3. The molecule has 0 aliphatic carbocycles. The Kier molecular flexibility index (Phi) is 4.04. The number of hydrogen-bond acceptors (Lipinski definition) is 3. The molecule has 0 fully saturated rings. The molecular formula is C20H16BrN3O3. The molecule has 2 aromatic heterocycles. The van der Waals surface area contributed by atoms with Crippen molar-refractivity contribution in [2.24, 2.45) is 14.1 Å². The van der Waals surface area contributed by atoms with Crippen molar-refractivity contribution in [1.82, 2.24) is 13.7 Å². The van der Waals surface area contributed by atoms with E-state index in [1.807, 2.05) is 34.9 Å². The molecule has 0 bridgehead atoms. The van der Waals surface area contributed by atoms with E-state index in [1.54, 1.807) is 31.4 Å². The Morgan fingerprint density at radius 3 is 2.41 bits per heavy atom. The summed E-state index contributed by atoms with van der Waals surface area (Å²) in [7, 11) is 3.11. The van der Waals surface area contributed by atoms with Crippen LogP contribution in [0.3, 0.4) is 0 Å². The number of halogens is 1. The predicted molar refractivity (Wildman–Crippen MR) is 109 cm³/mol. The second kappa shape index (κ2) is 6.28. The van der Waals surface area contributed by atoms with Crippen LogP contribution in [0.25, 0.3) is 27.8 Å². The maximum absolute atomic E-state index is 13.0. The van der Waals surface area contributed by atoms with E-state index in [9.17, 15) is 14.7 Å². The Labute approximate surface area is 162 Å². The summed E-state index contributed by atoms with van der Waals surface area (Å²) in [4.78, 5) is 25.4. The van der Waals surface area contributed by atoms with Gasteiger partial charge in [0, 0.05) is 42.1 Å². The number of phenolic OH excluding ortho intramolecular Hbond substituents is 1. The maximum atomic E-state index is 13.0. The van der Waals surface area contributed by atoms with Gasteiger partial charge in [-0.25, -0.2) is 4.79 Å². The molecule has 0 atom stereocenters. The van der Waals surface area contributed by atoms with Crippen molar-refractivity contribution in [3.63, 3.8) is 0 Å². The lowest BCUT2D eigenvalue weighted by atomic mass is 10.1. The van der Waals surface area contributed by atoms with E-state index >= 15 is 0 Å². The number of rotatable bonds is 2. The van der Waals surface area contributed by atoms with Gasteiger partial charge in [0.05, 0.1) is 16.6 Å². The summed E-state index contributed by atoms with van der Waals surface area (Å²) >= 11 is 3.56. The van der Waals surface area contributed by atoms with Crippen molar-refractivity contribution in [3.8, 4) is 22.7 Å². The highest BCUT2D eigenvalue weighted by Gasteiger charge is 2.21. The molecule has 7 heteroatoms. The number of aryl methyl sites for hydroxylation is 1. The van der Waals surface area contributed by atoms with Crippen molar-refractivity contribution in [2.75, 3.05) is 0 Å². The second-order valence-electron chi connectivity index (χ2n) is 6.31. The van der Waals surface area contributed by atoms with Crippen molar-refractivity contribution < 1.29 is 5.11 Å². The largest absolute Gasteiger partial charge is 0.508 e. The molecule has 27 heavy (non-hydrogen) atoms. The van der Waals surface area contributed by atoms with Gasteiger partial charge in [-0.2, -0.15) is 0 Å². The summed E-state index contributed by atoms with van der Waals surface area (Å²) in [5, 5.41) is 10.4. The van der Waals surface area contributed by atoms with Gasteiger partial charge in [-0.3, -0.25) is 13.9 Å². The number of hydrogen-bond donors (Lipinski definition) is 1. The molecule has 0 aliphatic heterocycles. The molecule has 0 spiro atoms. The van der Waals surface area contributed by atoms with Gasteiger partial charge in [-0.05, 0) is 18.2 Å². The van der Waals surface area contributed by atoms with Crippen LogP contribution in [-0.2, 0) is 14.1 Å². The fraction of sp³-hybridized carbons (Fsp3) is 0.100. The smallest absolute Gasteiger partial charge is 0.330 e. The first-order valence-corrected chi connectivity index (χ1v) is 9.05. The Morgan fingerprint density at radius 1 is 0.963 bits per heavy atom. The number of nitrogens with zero attached hydrogens (tertiary/aromatic N) is 3. The van der Waals surface area contributed by atoms with E-state index < -0.39 is 0 Å². The van der Waals surface area contributed by atoms with Crippen molar-refractivity contribution >= 4 is 26.8 Å². The SMILES string of the molecule is Cn1c(=O)c2c(-c3ccccc3Br)n(-c3cccc(O)c3)cc2n(C)c1=O. The third-order valence-electron chi connectivity index (χ3n) is 4.68. The normalized spacial score (nSPS) is 11.2. The van der Waals surface area contributed by atoms with Crippen LogP contribution < -0.4 is 11.2 Å². The van der Waals surface area contributed by atoms with Gasteiger partial charge in [0.25, 0.3) is 5.56 Å². The lowest BCUT2D eigenvalue weighted by Crippen LogP contribution is -2.36. The highest BCUT2D eigenvalue weighted by atomic mass is 79.9. The van der Waals surface area contributed by atoms with Crippen molar-refractivity contribution in [1.29, 1.82) is 0 Å². The van der Waals surface area contributed by atoms with E-state index in [0.29, 0.717) is 22.3 Å². The molecule has 2 aromatic carbocycles. The molecule has 0 saturated carbocycles. The molecule has 0 aliphatic rings. The number of aromatic nitrogens is 3. The molecule has 4 rings (SSSR count). The highest BCUT2D eigenvalue weighted by Crippen LogP contribution is 2.35. The Balaban J connectivity index is 2.25. The fourth-order valence-corrected chi connectivity index (χ4v) is 3.78. The minimum Gasteiger partial charge on any atom is -0.508 e. The molecule has 0 saturated heterocycles. The van der Waals surface area contributed by atoms with Crippen molar-refractivity contribution in [3.05, 3.63) is 80.0 Å². The summed E-state index contributed by atoms with van der Waals surface area (Å²) in [6.45, 7) is 0. The summed E-state index contributed by atoms with van der Waals surface area (Å²) in [5.74, 6) is 0.116. The van der Waals surface area contributed by atoms with Crippen LogP contribution in [0.15, 0.2) is 68.8 Å². The number of benzene rings is 2. The average molecular weight is 426 g/mol. The summed E-state index contributed by atoms with van der Waals surface area (Å²) in [6.07, 6.45) is 1.75. The van der Waals surface area contributed by atoms with Gasteiger partial charge in [0.1, 0.15) is 5.75 Å². The van der Waals surface area contributed by atoms with Crippen LogP contribution in [0.2, 0.25) is 0 Å². The van der Waals surface area contributed by atoms with Crippen LogP contribution in [0.4, 0.5) is 0 Å². The van der Waals surface area contributed by atoms with Gasteiger partial charge in [-0.15, -0.1) is 0 Å². The van der Waals surface area contributed by atoms with Crippen LogP contribution in [-0.4, -0.2) is 18.8 Å². The van der Waals surface area contributed by atoms with Gasteiger partial charge >= 0.3 is 5.69 Å². The molecule has 0 amide bonds. The van der Waals surface area contributed by atoms with Gasteiger partial charge in [0.2, 0.25) is 0 Å². The first-order valence-electron chi connectivity index (χ1n) is 8.25. The third-order valence-corrected chi connectivity index (χ3v) is 5.37. The standard InChI is InChI=1S/C20H16BrN3O3/c1-22-16-11-24(12-6-5-7-13(25)10-12)18(14-8-3-4-9-15(14)21)17(16)19(26)23(2)20(22)27/h3-11,25H,1-2H3. The maximum Gasteiger partial charge on any atom is 0.330 e. The predicted octanol–water partition coefficient (Wildman–Crippen LogP) is 3.16. The molecule has 0 unspecified atom stereocenters. The zero-order valence-electron chi connectivity index (χ0n) is 14.7. The lowest BCUT2D eigenvalue weighted by Gasteiger charge is -2.12. The molecule has 2 heterocycles. The summed E-state index contributed by atoms with van der Waals surface area (Å²) in [5.41, 5.74) is 1.92. The van der Waals surface area contributed by atoms with Gasteiger partial charge in [0.15, 0.2) is 0 Å². The fourth-order valence-electron chi connectivity index (χ4n) is 3.31. The molecule has 1 N–H and O–H groups in total. The molecule has 0 radical (unpaired) electrons. The monoisotopic (exact) mass is 425 g/mol. The number of phenols is 1. The number of aromatic hydroxyl groups is 1. The minimum absolute atomic E-state index is 0.116. The highest BCUT2D eigenvalue weighted by molar-refractivity contribution is 9.10. The van der Waals surface area contributed by atoms with Crippen LogP contribution in [0.1, 0.15) is 0 Å². The molecular weight excluding hydrogens is 410 g/mol. The van der Waals surface area contributed by atoms with Gasteiger partial charge in [-0.1, -0.05) is 40.2 Å². The van der Waals surface area contributed by atoms with Crippen molar-refractivity contribution in [2.45, 2.75) is 0 Å². The van der Waals surface area contributed by atoms with E-state index in [4.69, 9.17) is 0 Å². The van der Waals surface area contributed by atoms with E-state index in [-0.39, 0.29) is 17.0 Å². The zero-order chi connectivity index (χ0) is 19.3. The van der Waals surface area contributed by atoms with Crippen LogP contribution in [0, 0.1) is 0 Å².